The summed E-state index contributed by atoms with van der Waals surface area (Å²) in [5, 5.41) is 0.319. The molecule has 2 aromatic heterocycles. The molecule has 0 spiro atoms. The van der Waals surface area contributed by atoms with Crippen molar-refractivity contribution in [1.82, 2.24) is 19.1 Å². The van der Waals surface area contributed by atoms with E-state index < -0.39 is 18.5 Å². The van der Waals surface area contributed by atoms with Crippen LogP contribution in [0.2, 0.25) is 0 Å². The summed E-state index contributed by atoms with van der Waals surface area (Å²) in [4.78, 5) is 37.8. The molecule has 1 aromatic carbocycles. The number of halogens is 2. The molecular weight excluding hydrogens is 406 g/mol. The Morgan fingerprint density at radius 3 is 2.45 bits per heavy atom. The SMILES string of the molecule is O=c1c2ccc(N3CCN(c4nccn(C5CC5)c4=O)CC3)cc2ncn1CC(F)F. The van der Waals surface area contributed by atoms with Gasteiger partial charge in [-0.25, -0.2) is 18.7 Å². The van der Waals surface area contributed by atoms with E-state index in [1.807, 2.05) is 11.0 Å². The summed E-state index contributed by atoms with van der Waals surface area (Å²) in [5.74, 6) is 0.494. The number of hydrogen-bond donors (Lipinski definition) is 0. The molecular formula is C21H22F2N6O2. The van der Waals surface area contributed by atoms with Gasteiger partial charge in [0.25, 0.3) is 17.5 Å². The summed E-state index contributed by atoms with van der Waals surface area (Å²) < 4.78 is 28.0. The van der Waals surface area contributed by atoms with Gasteiger partial charge in [-0.3, -0.25) is 14.2 Å². The lowest BCUT2D eigenvalue weighted by Crippen LogP contribution is -2.48. The van der Waals surface area contributed by atoms with Gasteiger partial charge >= 0.3 is 0 Å². The van der Waals surface area contributed by atoms with Crippen molar-refractivity contribution in [2.24, 2.45) is 0 Å². The normalized spacial score (nSPS) is 17.0. The van der Waals surface area contributed by atoms with E-state index in [0.29, 0.717) is 48.9 Å². The standard InChI is InChI=1S/C21H22F2N6O2/c22-18(23)12-28-13-25-17-11-15(3-4-16(17)20(28)30)26-7-9-27(10-8-26)19-21(31)29(6-5-24-19)14-1-2-14/h3-6,11,13-14,18H,1-2,7-10,12H2. The monoisotopic (exact) mass is 428 g/mol. The van der Waals surface area contributed by atoms with Crippen LogP contribution in [0.1, 0.15) is 18.9 Å². The largest absolute Gasteiger partial charge is 0.368 e. The molecule has 1 aliphatic carbocycles. The maximum absolute atomic E-state index is 12.7. The molecule has 0 unspecified atom stereocenters. The molecule has 2 fully saturated rings. The topological polar surface area (TPSA) is 76.3 Å². The van der Waals surface area contributed by atoms with E-state index in [1.54, 1.807) is 29.1 Å². The summed E-state index contributed by atoms with van der Waals surface area (Å²) in [6.07, 6.45) is 4.10. The number of hydrogen-bond acceptors (Lipinski definition) is 6. The van der Waals surface area contributed by atoms with Gasteiger partial charge < -0.3 is 14.4 Å². The molecule has 0 N–H and O–H groups in total. The van der Waals surface area contributed by atoms with Crippen LogP contribution in [0.15, 0.2) is 46.5 Å². The molecule has 31 heavy (non-hydrogen) atoms. The molecule has 1 saturated carbocycles. The predicted molar refractivity (Wildman–Crippen MR) is 113 cm³/mol. The van der Waals surface area contributed by atoms with E-state index in [9.17, 15) is 18.4 Å². The Labute approximate surface area is 176 Å². The quantitative estimate of drug-likeness (QED) is 0.618. The molecule has 0 bridgehead atoms. The fourth-order valence-electron chi connectivity index (χ4n) is 4.07. The number of nitrogens with zero attached hydrogens (tertiary/aromatic N) is 6. The maximum atomic E-state index is 12.7. The van der Waals surface area contributed by atoms with Crippen molar-refractivity contribution in [3.8, 4) is 0 Å². The number of rotatable bonds is 5. The van der Waals surface area contributed by atoms with Gasteiger partial charge in [-0.05, 0) is 31.0 Å². The minimum Gasteiger partial charge on any atom is -0.368 e. The molecule has 3 heterocycles. The second-order valence-electron chi connectivity index (χ2n) is 7.96. The maximum Gasteiger partial charge on any atom is 0.293 e. The van der Waals surface area contributed by atoms with Gasteiger partial charge in [0.05, 0.1) is 23.8 Å². The zero-order valence-electron chi connectivity index (χ0n) is 16.8. The molecule has 3 aromatic rings. The molecule has 0 radical (unpaired) electrons. The number of anilines is 2. The van der Waals surface area contributed by atoms with Crippen LogP contribution in [0.3, 0.4) is 0 Å². The molecule has 1 aliphatic heterocycles. The minimum atomic E-state index is -2.61. The van der Waals surface area contributed by atoms with Crippen LogP contribution < -0.4 is 20.9 Å². The van der Waals surface area contributed by atoms with Gasteiger partial charge in [0.1, 0.15) is 0 Å². The minimum absolute atomic E-state index is 0.0339. The molecule has 5 rings (SSSR count). The van der Waals surface area contributed by atoms with Gasteiger partial charge in [-0.1, -0.05) is 0 Å². The second kappa shape index (κ2) is 7.75. The zero-order chi connectivity index (χ0) is 21.5. The Morgan fingerprint density at radius 1 is 1.00 bits per heavy atom. The Hall–Kier alpha value is -3.30. The van der Waals surface area contributed by atoms with Gasteiger partial charge in [-0.2, -0.15) is 0 Å². The number of alkyl halides is 2. The van der Waals surface area contributed by atoms with Crippen LogP contribution in [0.4, 0.5) is 20.3 Å². The van der Waals surface area contributed by atoms with E-state index in [1.165, 1.54) is 6.33 Å². The second-order valence-corrected chi connectivity index (χ2v) is 7.96. The fraction of sp³-hybridized carbons (Fsp3) is 0.429. The third-order valence-electron chi connectivity index (χ3n) is 5.88. The van der Waals surface area contributed by atoms with Crippen molar-refractivity contribution in [3.63, 3.8) is 0 Å². The average molecular weight is 428 g/mol. The van der Waals surface area contributed by atoms with Gasteiger partial charge in [0.15, 0.2) is 5.82 Å². The van der Waals surface area contributed by atoms with Crippen molar-refractivity contribution in [1.29, 1.82) is 0 Å². The van der Waals surface area contributed by atoms with Crippen molar-refractivity contribution in [2.45, 2.75) is 31.9 Å². The lowest BCUT2D eigenvalue weighted by Gasteiger charge is -2.36. The molecule has 8 nitrogen and oxygen atoms in total. The molecule has 2 aliphatic rings. The highest BCUT2D eigenvalue weighted by Crippen LogP contribution is 2.33. The van der Waals surface area contributed by atoms with Crippen molar-refractivity contribution >= 4 is 22.4 Å². The summed E-state index contributed by atoms with van der Waals surface area (Å²) in [7, 11) is 0. The van der Waals surface area contributed by atoms with E-state index in [2.05, 4.69) is 14.9 Å². The van der Waals surface area contributed by atoms with E-state index >= 15 is 0 Å². The first-order valence-electron chi connectivity index (χ1n) is 10.4. The van der Waals surface area contributed by atoms with Gasteiger partial charge in [0, 0.05) is 50.3 Å². The summed E-state index contributed by atoms with van der Waals surface area (Å²) in [5.41, 5.74) is 0.881. The molecule has 0 amide bonds. The Bertz CT molecular complexity index is 1230. The lowest BCUT2D eigenvalue weighted by molar-refractivity contribution is 0.125. The van der Waals surface area contributed by atoms with E-state index in [-0.39, 0.29) is 5.56 Å². The van der Waals surface area contributed by atoms with Crippen LogP contribution in [0.25, 0.3) is 10.9 Å². The molecule has 162 valence electrons. The molecule has 1 saturated heterocycles. The smallest absolute Gasteiger partial charge is 0.293 e. The number of benzene rings is 1. The van der Waals surface area contributed by atoms with Crippen LogP contribution in [-0.4, -0.2) is 51.7 Å². The lowest BCUT2D eigenvalue weighted by atomic mass is 10.2. The third-order valence-corrected chi connectivity index (χ3v) is 5.88. The average Bonchev–Trinajstić information content (AvgIpc) is 3.61. The summed E-state index contributed by atoms with van der Waals surface area (Å²) in [6, 6.07) is 5.57. The fourth-order valence-corrected chi connectivity index (χ4v) is 4.07. The van der Waals surface area contributed by atoms with E-state index in [4.69, 9.17) is 0 Å². The summed E-state index contributed by atoms with van der Waals surface area (Å²) >= 11 is 0. The number of piperazine rings is 1. The number of aromatic nitrogens is 4. The van der Waals surface area contributed by atoms with Crippen LogP contribution >= 0.6 is 0 Å². The zero-order valence-corrected chi connectivity index (χ0v) is 16.8. The third kappa shape index (κ3) is 3.77. The van der Waals surface area contributed by atoms with Crippen molar-refractivity contribution < 1.29 is 8.78 Å². The van der Waals surface area contributed by atoms with Gasteiger partial charge in [0.2, 0.25) is 0 Å². The van der Waals surface area contributed by atoms with Crippen LogP contribution in [-0.2, 0) is 6.54 Å². The molecule has 10 heteroatoms. The van der Waals surface area contributed by atoms with Crippen molar-refractivity contribution in [2.75, 3.05) is 36.0 Å². The highest BCUT2D eigenvalue weighted by atomic mass is 19.3. The first-order valence-corrected chi connectivity index (χ1v) is 10.4. The first-order chi connectivity index (χ1) is 15.0. The highest BCUT2D eigenvalue weighted by molar-refractivity contribution is 5.81. The number of fused-ring (bicyclic) bond motifs is 1. The van der Waals surface area contributed by atoms with Crippen molar-refractivity contribution in [3.05, 3.63) is 57.6 Å². The Balaban J connectivity index is 1.33. The summed E-state index contributed by atoms with van der Waals surface area (Å²) in [6.45, 7) is 2.01. The first kappa shape index (κ1) is 19.7. The Morgan fingerprint density at radius 2 is 1.74 bits per heavy atom. The van der Waals surface area contributed by atoms with Crippen LogP contribution in [0.5, 0.6) is 0 Å². The highest BCUT2D eigenvalue weighted by Gasteiger charge is 2.27. The molecule has 0 atom stereocenters. The van der Waals surface area contributed by atoms with Gasteiger partial charge in [-0.15, -0.1) is 0 Å². The Kier molecular flexibility index (Phi) is 4.91. The van der Waals surface area contributed by atoms with Crippen LogP contribution in [0, 0.1) is 0 Å². The predicted octanol–water partition coefficient (Wildman–Crippen LogP) is 1.88. The van der Waals surface area contributed by atoms with E-state index in [0.717, 1.165) is 23.1 Å².